The molecule has 25 heavy (non-hydrogen) atoms. The highest BCUT2D eigenvalue weighted by molar-refractivity contribution is 5.84. The maximum atomic E-state index is 11.7. The van der Waals surface area contributed by atoms with Gasteiger partial charge < -0.3 is 9.84 Å². The Kier molecular flexibility index (Phi) is 4.63. The van der Waals surface area contributed by atoms with E-state index in [4.69, 9.17) is 4.74 Å². The highest BCUT2D eigenvalue weighted by Crippen LogP contribution is 2.29. The number of aryl methyl sites for hydroxylation is 1. The summed E-state index contributed by atoms with van der Waals surface area (Å²) in [5.74, 6) is -0.177. The monoisotopic (exact) mass is 337 g/mol. The Hall–Kier alpha value is -2.99. The molecule has 6 heteroatoms. The summed E-state index contributed by atoms with van der Waals surface area (Å²) >= 11 is 0. The van der Waals surface area contributed by atoms with Crippen molar-refractivity contribution >= 4 is 17.0 Å². The maximum Gasteiger partial charge on any atom is 0.335 e. The third kappa shape index (κ3) is 3.59. The van der Waals surface area contributed by atoms with Crippen LogP contribution in [0, 0.1) is 6.92 Å². The normalized spacial score (nSPS) is 12.1. The molecule has 3 rings (SSSR count). The molecule has 1 atom stereocenters. The fraction of sp³-hybridized carbons (Fsp3) is 0.211. The van der Waals surface area contributed by atoms with E-state index >= 15 is 0 Å². The molecule has 2 aromatic carbocycles. The lowest BCUT2D eigenvalue weighted by molar-refractivity contribution is -0.129. The minimum absolute atomic E-state index is 0.299. The number of hydrogen-bond donors (Lipinski definition) is 1. The quantitative estimate of drug-likeness (QED) is 0.440. The molecule has 0 saturated heterocycles. The first-order valence-electron chi connectivity index (χ1n) is 7.96. The number of aromatic nitrogens is 3. The highest BCUT2D eigenvalue weighted by Gasteiger charge is 2.18. The summed E-state index contributed by atoms with van der Waals surface area (Å²) in [5, 5.41) is 18.9. The van der Waals surface area contributed by atoms with E-state index in [1.165, 1.54) is 4.80 Å². The van der Waals surface area contributed by atoms with Crippen LogP contribution in [0.1, 0.15) is 18.1 Å². The van der Waals surface area contributed by atoms with Gasteiger partial charge >= 0.3 is 5.97 Å². The molecular weight excluding hydrogens is 318 g/mol. The molecular formula is C19H19N3O3. The molecule has 3 aromatic rings. The largest absolute Gasteiger partial charge is 0.423 e. The molecule has 1 aromatic heterocycles. The summed E-state index contributed by atoms with van der Waals surface area (Å²) in [7, 11) is 0. The highest BCUT2D eigenvalue weighted by atomic mass is 16.5. The van der Waals surface area contributed by atoms with Crippen LogP contribution < -0.4 is 4.74 Å². The van der Waals surface area contributed by atoms with Crippen molar-refractivity contribution in [2.75, 3.05) is 0 Å². The first kappa shape index (κ1) is 16.9. The number of carbonyl (C=O) groups excluding carboxylic acids is 1. The van der Waals surface area contributed by atoms with Crippen LogP contribution in [0.4, 0.5) is 0 Å². The second kappa shape index (κ2) is 6.86. The van der Waals surface area contributed by atoms with Gasteiger partial charge in [-0.25, -0.2) is 4.79 Å². The third-order valence-electron chi connectivity index (χ3n) is 3.71. The van der Waals surface area contributed by atoms with Crippen molar-refractivity contribution < 1.29 is 14.6 Å². The number of aliphatic hydroxyl groups is 1. The minimum Gasteiger partial charge on any atom is -0.423 e. The van der Waals surface area contributed by atoms with Crippen molar-refractivity contribution in [1.29, 1.82) is 0 Å². The average molecular weight is 337 g/mol. The lowest BCUT2D eigenvalue weighted by Crippen LogP contribution is -2.14. The number of esters is 1. The molecule has 0 aliphatic rings. The third-order valence-corrected chi connectivity index (χ3v) is 3.71. The van der Waals surface area contributed by atoms with Gasteiger partial charge in [-0.1, -0.05) is 18.7 Å². The van der Waals surface area contributed by atoms with Crippen LogP contribution in [0.15, 0.2) is 49.1 Å². The van der Waals surface area contributed by atoms with E-state index in [0.717, 1.165) is 22.7 Å². The Bertz CT molecular complexity index is 911. The molecule has 0 radical (unpaired) electrons. The van der Waals surface area contributed by atoms with E-state index in [1.807, 2.05) is 37.3 Å². The lowest BCUT2D eigenvalue weighted by atomic mass is 10.0. The van der Waals surface area contributed by atoms with Crippen LogP contribution in [0.25, 0.3) is 16.7 Å². The molecule has 0 fully saturated rings. The van der Waals surface area contributed by atoms with Gasteiger partial charge in [-0.05, 0) is 43.7 Å². The van der Waals surface area contributed by atoms with E-state index in [1.54, 1.807) is 13.0 Å². The molecule has 0 amide bonds. The molecule has 0 spiro atoms. The van der Waals surface area contributed by atoms with Crippen LogP contribution >= 0.6 is 0 Å². The molecule has 0 aliphatic heterocycles. The van der Waals surface area contributed by atoms with Gasteiger partial charge in [0.2, 0.25) is 0 Å². The summed E-state index contributed by atoms with van der Waals surface area (Å²) in [6, 6.07) is 11.2. The second-order valence-electron chi connectivity index (χ2n) is 5.92. The fourth-order valence-electron chi connectivity index (χ4n) is 2.65. The molecule has 128 valence electrons. The van der Waals surface area contributed by atoms with Crippen molar-refractivity contribution in [3.05, 3.63) is 60.2 Å². The number of nitrogens with zero attached hydrogens (tertiary/aromatic N) is 3. The molecule has 0 bridgehead atoms. The van der Waals surface area contributed by atoms with E-state index in [0.29, 0.717) is 23.4 Å². The molecule has 1 unspecified atom stereocenters. The lowest BCUT2D eigenvalue weighted by Gasteiger charge is -2.16. The zero-order valence-corrected chi connectivity index (χ0v) is 14.1. The first-order chi connectivity index (χ1) is 12.0. The van der Waals surface area contributed by atoms with Gasteiger partial charge in [0.1, 0.15) is 16.8 Å². The molecule has 0 saturated carbocycles. The smallest absolute Gasteiger partial charge is 0.335 e. The van der Waals surface area contributed by atoms with Crippen molar-refractivity contribution in [2.24, 2.45) is 0 Å². The SMILES string of the molecule is C=CC(=O)Oc1cc(C)cc(-n2nc3ccccc3n2)c1CC(C)O. The van der Waals surface area contributed by atoms with Gasteiger partial charge in [0.05, 0.1) is 11.8 Å². The number of ether oxygens (including phenoxy) is 1. The van der Waals surface area contributed by atoms with Gasteiger partial charge in [0, 0.05) is 18.1 Å². The van der Waals surface area contributed by atoms with Crippen LogP contribution in [-0.2, 0) is 11.2 Å². The summed E-state index contributed by atoms with van der Waals surface area (Å²) in [6.45, 7) is 6.99. The predicted molar refractivity (Wildman–Crippen MR) is 94.8 cm³/mol. The maximum absolute atomic E-state index is 11.7. The van der Waals surface area contributed by atoms with Crippen LogP contribution in [0.3, 0.4) is 0 Å². The van der Waals surface area contributed by atoms with Gasteiger partial charge in [-0.2, -0.15) is 0 Å². The summed E-state index contributed by atoms with van der Waals surface area (Å²) in [5.41, 5.74) is 3.74. The Balaban J connectivity index is 2.19. The number of fused-ring (bicyclic) bond motifs is 1. The van der Waals surface area contributed by atoms with E-state index in [9.17, 15) is 9.90 Å². The van der Waals surface area contributed by atoms with Crippen molar-refractivity contribution in [3.8, 4) is 11.4 Å². The molecule has 6 nitrogen and oxygen atoms in total. The van der Waals surface area contributed by atoms with E-state index < -0.39 is 12.1 Å². The van der Waals surface area contributed by atoms with Crippen LogP contribution in [0.5, 0.6) is 5.75 Å². The summed E-state index contributed by atoms with van der Waals surface area (Å²) in [6.07, 6.45) is 0.787. The zero-order valence-electron chi connectivity index (χ0n) is 14.1. The Morgan fingerprint density at radius 3 is 2.52 bits per heavy atom. The standard InChI is InChI=1S/C19H19N3O3/c1-4-19(24)25-18-10-12(2)9-17(14(18)11-13(3)23)22-20-15-7-5-6-8-16(15)21-22/h4-10,13,23H,1,11H2,2-3H3. The number of benzene rings is 2. The first-order valence-corrected chi connectivity index (χ1v) is 7.96. The predicted octanol–water partition coefficient (Wildman–Crippen LogP) is 2.74. The van der Waals surface area contributed by atoms with Gasteiger partial charge in [-0.3, -0.25) is 0 Å². The van der Waals surface area contributed by atoms with Crippen molar-refractivity contribution in [2.45, 2.75) is 26.4 Å². The van der Waals surface area contributed by atoms with Crippen molar-refractivity contribution in [1.82, 2.24) is 15.0 Å². The average Bonchev–Trinajstić information content (AvgIpc) is 3.00. The number of carbonyl (C=O) groups is 1. The molecule has 0 aliphatic carbocycles. The topological polar surface area (TPSA) is 77.2 Å². The number of rotatable bonds is 5. The van der Waals surface area contributed by atoms with Gasteiger partial charge in [0.25, 0.3) is 0 Å². The Morgan fingerprint density at radius 1 is 1.32 bits per heavy atom. The van der Waals surface area contributed by atoms with Gasteiger partial charge in [-0.15, -0.1) is 15.0 Å². The Morgan fingerprint density at radius 2 is 1.96 bits per heavy atom. The summed E-state index contributed by atoms with van der Waals surface area (Å²) < 4.78 is 5.38. The van der Waals surface area contributed by atoms with Crippen molar-refractivity contribution in [3.63, 3.8) is 0 Å². The second-order valence-corrected chi connectivity index (χ2v) is 5.92. The Labute approximate surface area is 145 Å². The van der Waals surface area contributed by atoms with E-state index in [-0.39, 0.29) is 0 Å². The summed E-state index contributed by atoms with van der Waals surface area (Å²) in [4.78, 5) is 13.2. The minimum atomic E-state index is -0.618. The molecule has 1 heterocycles. The molecule has 1 N–H and O–H groups in total. The van der Waals surface area contributed by atoms with Gasteiger partial charge in [0.15, 0.2) is 0 Å². The number of aliphatic hydroxyl groups excluding tert-OH is 1. The van der Waals surface area contributed by atoms with E-state index in [2.05, 4.69) is 16.8 Å². The van der Waals surface area contributed by atoms with Crippen LogP contribution in [0.2, 0.25) is 0 Å². The van der Waals surface area contributed by atoms with Crippen LogP contribution in [-0.4, -0.2) is 32.2 Å². The zero-order chi connectivity index (χ0) is 18.0. The number of hydrogen-bond acceptors (Lipinski definition) is 5. The fourth-order valence-corrected chi connectivity index (χ4v) is 2.65.